The molecular weight excluding hydrogens is 738 g/mol. The van der Waals surface area contributed by atoms with E-state index in [0.717, 1.165) is 25.9 Å². The Balaban J connectivity index is 1.36. The van der Waals surface area contributed by atoms with E-state index in [1.807, 2.05) is 0 Å². The van der Waals surface area contributed by atoms with Gasteiger partial charge in [0, 0.05) is 25.9 Å². The van der Waals surface area contributed by atoms with Gasteiger partial charge in [-0.3, -0.25) is 0 Å². The average Bonchev–Trinajstić information content (AvgIpc) is 3.74. The van der Waals surface area contributed by atoms with Crippen LogP contribution in [-0.4, -0.2) is 0 Å². The SMILES string of the molecule is C=C(C)c1ccc(-c2ccc(-c3ccc4c(c3)C3(C)CCC(=C4C)C3)c(N(c3ccc(Br)cc3)c3ccc(Br)cc3)c2)cc1C1(C)CCCC1. The van der Waals surface area contributed by atoms with Gasteiger partial charge >= 0.3 is 0 Å². The normalized spacial score (nSPS) is 19.1. The molecule has 0 heterocycles. The van der Waals surface area contributed by atoms with Gasteiger partial charge in [-0.2, -0.15) is 0 Å². The molecule has 1 unspecified atom stereocenters. The van der Waals surface area contributed by atoms with Crippen molar-refractivity contribution < 1.29 is 0 Å². The Morgan fingerprint density at radius 1 is 0.640 bits per heavy atom. The summed E-state index contributed by atoms with van der Waals surface area (Å²) < 4.78 is 2.14. The molecule has 0 saturated heterocycles. The van der Waals surface area contributed by atoms with Gasteiger partial charge in [0.25, 0.3) is 0 Å². The second-order valence-corrected chi connectivity index (χ2v) is 17.4. The molecule has 3 aliphatic carbocycles. The van der Waals surface area contributed by atoms with Crippen LogP contribution in [0.1, 0.15) is 94.9 Å². The van der Waals surface area contributed by atoms with Gasteiger partial charge in [0.15, 0.2) is 0 Å². The molecule has 2 bridgehead atoms. The molecule has 50 heavy (non-hydrogen) atoms. The number of fused-ring (bicyclic) bond motifs is 4. The molecule has 0 spiro atoms. The number of rotatable bonds is 7. The van der Waals surface area contributed by atoms with Gasteiger partial charge < -0.3 is 4.90 Å². The minimum absolute atomic E-state index is 0.180. The third-order valence-electron chi connectivity index (χ3n) is 12.1. The zero-order chi connectivity index (χ0) is 34.8. The first-order chi connectivity index (χ1) is 24.0. The lowest BCUT2D eigenvalue weighted by atomic mass is 9.73. The zero-order valence-electron chi connectivity index (χ0n) is 29.7. The van der Waals surface area contributed by atoms with E-state index >= 15 is 0 Å². The van der Waals surface area contributed by atoms with Crippen molar-refractivity contribution in [1.29, 1.82) is 0 Å². The molecule has 1 nitrogen and oxygen atoms in total. The number of nitrogens with zero attached hydrogens (tertiary/aromatic N) is 1. The minimum Gasteiger partial charge on any atom is -0.310 e. The first-order valence-corrected chi connectivity index (χ1v) is 19.7. The minimum atomic E-state index is 0.180. The second kappa shape index (κ2) is 12.8. The second-order valence-electron chi connectivity index (χ2n) is 15.6. The van der Waals surface area contributed by atoms with Crippen molar-refractivity contribution in [3.05, 3.63) is 146 Å². The number of hydrogen-bond acceptors (Lipinski definition) is 1. The maximum atomic E-state index is 4.39. The third kappa shape index (κ3) is 5.85. The maximum Gasteiger partial charge on any atom is 0.0546 e. The zero-order valence-corrected chi connectivity index (χ0v) is 32.8. The highest BCUT2D eigenvalue weighted by Gasteiger charge is 2.40. The Hall–Kier alpha value is -3.66. The highest BCUT2D eigenvalue weighted by atomic mass is 79.9. The summed E-state index contributed by atoms with van der Waals surface area (Å²) in [5.41, 5.74) is 18.8. The van der Waals surface area contributed by atoms with Gasteiger partial charge in [-0.05, 0) is 168 Å². The molecule has 0 aromatic heterocycles. The summed E-state index contributed by atoms with van der Waals surface area (Å²) in [4.78, 5) is 2.43. The lowest BCUT2D eigenvalue weighted by Crippen LogP contribution is -2.21. The molecular formula is C47H45Br2N. The van der Waals surface area contributed by atoms with Crippen LogP contribution in [-0.2, 0) is 10.8 Å². The molecule has 8 rings (SSSR count). The van der Waals surface area contributed by atoms with E-state index in [1.165, 1.54) is 101 Å². The van der Waals surface area contributed by atoms with E-state index in [9.17, 15) is 0 Å². The molecule has 3 heteroatoms. The van der Waals surface area contributed by atoms with E-state index in [1.54, 1.807) is 5.57 Å². The lowest BCUT2D eigenvalue weighted by molar-refractivity contribution is 0.490. The van der Waals surface area contributed by atoms with Gasteiger partial charge in [0.2, 0.25) is 0 Å². The van der Waals surface area contributed by atoms with Crippen LogP contribution in [0.15, 0.2) is 124 Å². The Kier molecular flexibility index (Phi) is 8.59. The summed E-state index contributed by atoms with van der Waals surface area (Å²) in [6.07, 6.45) is 8.69. The molecule has 0 radical (unpaired) electrons. The van der Waals surface area contributed by atoms with Crippen molar-refractivity contribution in [2.24, 2.45) is 0 Å². The summed E-state index contributed by atoms with van der Waals surface area (Å²) in [6.45, 7) is 13.8. The Labute approximate surface area is 315 Å². The predicted octanol–water partition coefficient (Wildman–Crippen LogP) is 15.1. The third-order valence-corrected chi connectivity index (χ3v) is 13.1. The smallest absolute Gasteiger partial charge is 0.0546 e. The van der Waals surface area contributed by atoms with Crippen molar-refractivity contribution >= 4 is 60.1 Å². The number of anilines is 3. The largest absolute Gasteiger partial charge is 0.310 e. The molecule has 3 aliphatic rings. The molecule has 0 aliphatic heterocycles. The van der Waals surface area contributed by atoms with Crippen LogP contribution >= 0.6 is 31.9 Å². The highest BCUT2D eigenvalue weighted by molar-refractivity contribution is 9.10. The lowest BCUT2D eigenvalue weighted by Gasteiger charge is -2.32. The molecule has 1 atom stereocenters. The van der Waals surface area contributed by atoms with E-state index in [0.29, 0.717) is 0 Å². The van der Waals surface area contributed by atoms with Gasteiger partial charge in [0.1, 0.15) is 0 Å². The Morgan fingerprint density at radius 2 is 1.20 bits per heavy atom. The molecule has 5 aromatic carbocycles. The Morgan fingerprint density at radius 3 is 1.84 bits per heavy atom. The summed E-state index contributed by atoms with van der Waals surface area (Å²) in [5, 5.41) is 0. The molecule has 2 fully saturated rings. The number of benzene rings is 5. The fourth-order valence-electron chi connectivity index (χ4n) is 9.12. The quantitative estimate of drug-likeness (QED) is 0.159. The highest BCUT2D eigenvalue weighted by Crippen LogP contribution is 2.54. The van der Waals surface area contributed by atoms with Crippen molar-refractivity contribution in [3.63, 3.8) is 0 Å². The topological polar surface area (TPSA) is 3.24 Å². The van der Waals surface area contributed by atoms with Gasteiger partial charge in [-0.1, -0.05) is 113 Å². The molecule has 0 amide bonds. The van der Waals surface area contributed by atoms with Crippen LogP contribution in [0.3, 0.4) is 0 Å². The van der Waals surface area contributed by atoms with Gasteiger partial charge in [-0.25, -0.2) is 0 Å². The number of hydrogen-bond donors (Lipinski definition) is 0. The molecule has 0 N–H and O–H groups in total. The first kappa shape index (κ1) is 33.5. The summed E-state index contributed by atoms with van der Waals surface area (Å²) in [5.74, 6) is 0. The number of allylic oxidation sites excluding steroid dienone is 3. The van der Waals surface area contributed by atoms with E-state index in [2.05, 4.69) is 174 Å². The standard InChI is InChI=1S/C47H45Br2N/c1-30(2)40-19-8-32(26-43(40)46(4)23-6-7-24-46)33-9-21-42(34-10-20-41-31(3)35-22-25-47(5,29-35)44(41)27-34)45(28-33)50(38-15-11-36(48)12-16-38)39-17-13-37(49)14-18-39/h8-21,26-28H,1,6-7,22-25,29H2,2-5H3. The predicted molar refractivity (Wildman–Crippen MR) is 222 cm³/mol. The van der Waals surface area contributed by atoms with Crippen LogP contribution in [0.25, 0.3) is 33.4 Å². The first-order valence-electron chi connectivity index (χ1n) is 18.1. The molecule has 252 valence electrons. The summed E-state index contributed by atoms with van der Waals surface area (Å²) in [7, 11) is 0. The summed E-state index contributed by atoms with van der Waals surface area (Å²) >= 11 is 7.38. The fourth-order valence-corrected chi connectivity index (χ4v) is 9.65. The maximum absolute atomic E-state index is 4.39. The van der Waals surface area contributed by atoms with Crippen LogP contribution in [0.4, 0.5) is 17.1 Å². The van der Waals surface area contributed by atoms with Crippen molar-refractivity contribution in [2.75, 3.05) is 4.90 Å². The fraction of sp³-hybridized carbons (Fsp3) is 0.277. The van der Waals surface area contributed by atoms with E-state index < -0.39 is 0 Å². The van der Waals surface area contributed by atoms with E-state index in [-0.39, 0.29) is 10.8 Å². The van der Waals surface area contributed by atoms with Crippen LogP contribution in [0.2, 0.25) is 0 Å². The van der Waals surface area contributed by atoms with E-state index in [4.69, 9.17) is 0 Å². The molecule has 5 aromatic rings. The summed E-state index contributed by atoms with van der Waals surface area (Å²) in [6, 6.07) is 38.9. The monoisotopic (exact) mass is 781 g/mol. The molecule has 2 saturated carbocycles. The van der Waals surface area contributed by atoms with Crippen LogP contribution in [0.5, 0.6) is 0 Å². The van der Waals surface area contributed by atoms with Crippen molar-refractivity contribution in [3.8, 4) is 22.3 Å². The van der Waals surface area contributed by atoms with Crippen molar-refractivity contribution in [2.45, 2.75) is 83.5 Å². The van der Waals surface area contributed by atoms with Gasteiger partial charge in [0.05, 0.1) is 5.69 Å². The van der Waals surface area contributed by atoms with Crippen LogP contribution in [0, 0.1) is 0 Å². The Bertz CT molecular complexity index is 2120. The number of halogens is 2. The van der Waals surface area contributed by atoms with Gasteiger partial charge in [-0.15, -0.1) is 0 Å². The van der Waals surface area contributed by atoms with Crippen molar-refractivity contribution in [1.82, 2.24) is 0 Å². The average molecular weight is 784 g/mol. The van der Waals surface area contributed by atoms with Crippen LogP contribution < -0.4 is 4.90 Å².